The number of rotatable bonds is 8. The van der Waals surface area contributed by atoms with Gasteiger partial charge >= 0.3 is 0 Å². The average Bonchev–Trinajstić information content (AvgIpc) is 2.69. The van der Waals surface area contributed by atoms with Crippen molar-refractivity contribution in [1.82, 2.24) is 10.2 Å². The van der Waals surface area contributed by atoms with E-state index in [0.717, 1.165) is 31.6 Å². The van der Waals surface area contributed by atoms with Gasteiger partial charge < -0.3 is 15.0 Å². The molecule has 0 aliphatic carbocycles. The normalized spacial score (nSPS) is 15.4. The van der Waals surface area contributed by atoms with Crippen molar-refractivity contribution in [2.75, 3.05) is 26.2 Å². The van der Waals surface area contributed by atoms with Gasteiger partial charge in [0.05, 0.1) is 6.61 Å². The van der Waals surface area contributed by atoms with E-state index in [0.29, 0.717) is 32.5 Å². The fourth-order valence-corrected chi connectivity index (χ4v) is 3.41. The fourth-order valence-electron chi connectivity index (χ4n) is 3.41. The number of nitrogens with one attached hydrogen (secondary N) is 1. The van der Waals surface area contributed by atoms with Crippen LogP contribution in [-0.4, -0.2) is 43.0 Å². The Hall–Kier alpha value is -2.04. The van der Waals surface area contributed by atoms with Crippen LogP contribution in [-0.2, 0) is 15.0 Å². The smallest absolute Gasteiger partial charge is 0.223 e. The highest BCUT2D eigenvalue weighted by Gasteiger charge is 2.26. The highest BCUT2D eigenvalue weighted by Crippen LogP contribution is 2.24. The van der Waals surface area contributed by atoms with Crippen molar-refractivity contribution < 1.29 is 14.3 Å². The Morgan fingerprint density at radius 1 is 1.14 bits per heavy atom. The minimum absolute atomic E-state index is 0.0509. The number of piperidine rings is 1. The molecule has 0 bridgehead atoms. The van der Waals surface area contributed by atoms with Crippen molar-refractivity contribution >= 4 is 11.8 Å². The van der Waals surface area contributed by atoms with Crippen LogP contribution >= 0.6 is 0 Å². The number of carbonyl (C=O) groups is 2. The van der Waals surface area contributed by atoms with E-state index < -0.39 is 0 Å². The summed E-state index contributed by atoms with van der Waals surface area (Å²) in [7, 11) is 0. The zero-order valence-electron chi connectivity index (χ0n) is 17.9. The van der Waals surface area contributed by atoms with Gasteiger partial charge in [0.2, 0.25) is 11.8 Å². The van der Waals surface area contributed by atoms with E-state index in [-0.39, 0.29) is 23.1 Å². The molecule has 0 unspecified atom stereocenters. The standard InChI is InChI=1S/C23H36N2O3/c1-5-14-24-22(27)18-12-15-25(16-13-18)21(26)7-6-17-28-20-10-8-19(9-11-20)23(2,3)4/h8-11,18H,5-7,12-17H2,1-4H3,(H,24,27). The molecule has 0 atom stereocenters. The first-order valence-electron chi connectivity index (χ1n) is 10.6. The molecule has 1 N–H and O–H groups in total. The predicted molar refractivity (Wildman–Crippen MR) is 112 cm³/mol. The van der Waals surface area contributed by atoms with Crippen molar-refractivity contribution in [3.8, 4) is 5.75 Å². The summed E-state index contributed by atoms with van der Waals surface area (Å²) in [5.41, 5.74) is 1.41. The van der Waals surface area contributed by atoms with E-state index in [1.54, 1.807) is 0 Å². The van der Waals surface area contributed by atoms with Crippen molar-refractivity contribution in [3.05, 3.63) is 29.8 Å². The van der Waals surface area contributed by atoms with E-state index in [1.165, 1.54) is 5.56 Å². The van der Waals surface area contributed by atoms with Gasteiger partial charge in [0.1, 0.15) is 5.75 Å². The molecule has 1 fully saturated rings. The predicted octanol–water partition coefficient (Wildman–Crippen LogP) is 3.91. The Morgan fingerprint density at radius 3 is 2.36 bits per heavy atom. The molecule has 0 radical (unpaired) electrons. The second-order valence-corrected chi connectivity index (χ2v) is 8.67. The van der Waals surface area contributed by atoms with Gasteiger partial charge in [-0.3, -0.25) is 9.59 Å². The summed E-state index contributed by atoms with van der Waals surface area (Å²) in [6, 6.07) is 8.19. The number of carbonyl (C=O) groups excluding carboxylic acids is 2. The first-order chi connectivity index (χ1) is 13.3. The lowest BCUT2D eigenvalue weighted by Gasteiger charge is -2.31. The van der Waals surface area contributed by atoms with E-state index >= 15 is 0 Å². The van der Waals surface area contributed by atoms with E-state index in [2.05, 4.69) is 38.2 Å². The van der Waals surface area contributed by atoms with Gasteiger partial charge in [0.25, 0.3) is 0 Å². The van der Waals surface area contributed by atoms with Crippen LogP contribution in [0.15, 0.2) is 24.3 Å². The second-order valence-electron chi connectivity index (χ2n) is 8.67. The first kappa shape index (κ1) is 22.3. The molecule has 0 saturated carbocycles. The third-order valence-corrected chi connectivity index (χ3v) is 5.29. The fraction of sp³-hybridized carbons (Fsp3) is 0.652. The van der Waals surface area contributed by atoms with Crippen molar-refractivity contribution in [2.24, 2.45) is 5.92 Å². The maximum atomic E-state index is 12.4. The van der Waals surface area contributed by atoms with Crippen molar-refractivity contribution in [3.63, 3.8) is 0 Å². The van der Waals surface area contributed by atoms with E-state index in [4.69, 9.17) is 4.74 Å². The monoisotopic (exact) mass is 388 g/mol. The molecule has 2 rings (SSSR count). The molecule has 1 aliphatic heterocycles. The van der Waals surface area contributed by atoms with E-state index in [1.807, 2.05) is 24.0 Å². The average molecular weight is 389 g/mol. The van der Waals surface area contributed by atoms with Gasteiger partial charge in [-0.05, 0) is 48.8 Å². The third kappa shape index (κ3) is 6.84. The summed E-state index contributed by atoms with van der Waals surface area (Å²) in [6.45, 7) is 11.2. The van der Waals surface area contributed by atoms with Crippen LogP contribution in [0.1, 0.15) is 65.4 Å². The van der Waals surface area contributed by atoms with Gasteiger partial charge in [-0.25, -0.2) is 0 Å². The summed E-state index contributed by atoms with van der Waals surface area (Å²) in [6.07, 6.45) is 3.67. The molecule has 2 amide bonds. The quantitative estimate of drug-likeness (QED) is 0.687. The highest BCUT2D eigenvalue weighted by molar-refractivity contribution is 5.80. The highest BCUT2D eigenvalue weighted by atomic mass is 16.5. The summed E-state index contributed by atoms with van der Waals surface area (Å²) in [5, 5.41) is 2.96. The summed E-state index contributed by atoms with van der Waals surface area (Å²) in [5.74, 6) is 1.20. The van der Waals surface area contributed by atoms with Gasteiger partial charge in [-0.1, -0.05) is 39.8 Å². The molecule has 5 heteroatoms. The van der Waals surface area contributed by atoms with Crippen LogP contribution in [0.25, 0.3) is 0 Å². The molecule has 1 aliphatic rings. The first-order valence-corrected chi connectivity index (χ1v) is 10.6. The van der Waals surface area contributed by atoms with Crippen LogP contribution in [0.5, 0.6) is 5.75 Å². The SMILES string of the molecule is CCCNC(=O)C1CCN(C(=O)CCCOc2ccc(C(C)(C)C)cc2)CC1. The van der Waals surface area contributed by atoms with Crippen LogP contribution in [0.2, 0.25) is 0 Å². The number of hydrogen-bond acceptors (Lipinski definition) is 3. The molecule has 1 aromatic rings. The molecule has 0 aromatic heterocycles. The van der Waals surface area contributed by atoms with Gasteiger partial charge in [-0.15, -0.1) is 0 Å². The minimum Gasteiger partial charge on any atom is -0.494 e. The van der Waals surface area contributed by atoms with Gasteiger partial charge in [0.15, 0.2) is 0 Å². The molecular weight excluding hydrogens is 352 g/mol. The zero-order chi connectivity index (χ0) is 20.6. The van der Waals surface area contributed by atoms with Crippen LogP contribution in [0.4, 0.5) is 0 Å². The molecule has 28 heavy (non-hydrogen) atoms. The van der Waals surface area contributed by atoms with Crippen molar-refractivity contribution in [1.29, 1.82) is 0 Å². The minimum atomic E-state index is 0.0509. The number of likely N-dealkylation sites (tertiary alicyclic amines) is 1. The lowest BCUT2D eigenvalue weighted by Crippen LogP contribution is -2.43. The summed E-state index contributed by atoms with van der Waals surface area (Å²) >= 11 is 0. The molecular formula is C23H36N2O3. The Bertz CT molecular complexity index is 626. The second kappa shape index (κ2) is 10.5. The van der Waals surface area contributed by atoms with Crippen LogP contribution in [0, 0.1) is 5.92 Å². The summed E-state index contributed by atoms with van der Waals surface area (Å²) < 4.78 is 5.77. The maximum absolute atomic E-state index is 12.4. The number of hydrogen-bond donors (Lipinski definition) is 1. The maximum Gasteiger partial charge on any atom is 0.223 e. The molecule has 1 heterocycles. The zero-order valence-corrected chi connectivity index (χ0v) is 17.9. The Labute approximate surface area is 169 Å². The number of ether oxygens (including phenoxy) is 1. The van der Waals surface area contributed by atoms with Crippen LogP contribution < -0.4 is 10.1 Å². The molecule has 0 spiro atoms. The van der Waals surface area contributed by atoms with Gasteiger partial charge in [0, 0.05) is 32.0 Å². The lowest BCUT2D eigenvalue weighted by molar-refractivity contribution is -0.135. The van der Waals surface area contributed by atoms with Crippen LogP contribution in [0.3, 0.4) is 0 Å². The number of amides is 2. The Balaban J connectivity index is 1.65. The molecule has 5 nitrogen and oxygen atoms in total. The van der Waals surface area contributed by atoms with Gasteiger partial charge in [-0.2, -0.15) is 0 Å². The number of nitrogens with zero attached hydrogens (tertiary/aromatic N) is 1. The van der Waals surface area contributed by atoms with Crippen molar-refractivity contribution in [2.45, 2.75) is 65.2 Å². The Morgan fingerprint density at radius 2 is 1.79 bits per heavy atom. The number of benzene rings is 1. The molecule has 156 valence electrons. The molecule has 1 aromatic carbocycles. The Kier molecular flexibility index (Phi) is 8.34. The largest absolute Gasteiger partial charge is 0.494 e. The molecule has 1 saturated heterocycles. The van der Waals surface area contributed by atoms with E-state index in [9.17, 15) is 9.59 Å². The third-order valence-electron chi connectivity index (χ3n) is 5.29. The lowest BCUT2D eigenvalue weighted by atomic mass is 9.87. The summed E-state index contributed by atoms with van der Waals surface area (Å²) in [4.78, 5) is 26.3. The topological polar surface area (TPSA) is 58.6 Å².